The molecule has 0 radical (unpaired) electrons. The van der Waals surface area contributed by atoms with Crippen molar-refractivity contribution in [3.05, 3.63) is 63.8 Å². The number of hydrogen-bond donors (Lipinski definition) is 1. The van der Waals surface area contributed by atoms with Crippen molar-refractivity contribution in [1.29, 1.82) is 0 Å². The van der Waals surface area contributed by atoms with Crippen LogP contribution in [0.5, 0.6) is 5.75 Å². The molecule has 1 amide bonds. The van der Waals surface area contributed by atoms with Crippen LogP contribution >= 0.6 is 23.4 Å². The maximum absolute atomic E-state index is 13.7. The Morgan fingerprint density at radius 3 is 2.79 bits per heavy atom. The first-order valence-corrected chi connectivity index (χ1v) is 8.14. The van der Waals surface area contributed by atoms with Crippen LogP contribution in [0.4, 0.5) is 10.1 Å². The van der Waals surface area contributed by atoms with Crippen molar-refractivity contribution in [2.24, 2.45) is 4.99 Å². The van der Waals surface area contributed by atoms with Gasteiger partial charge in [0.1, 0.15) is 0 Å². The molecule has 1 aliphatic heterocycles. The van der Waals surface area contributed by atoms with Gasteiger partial charge in [-0.3, -0.25) is 4.79 Å². The smallest absolute Gasteiger partial charge is 0.264 e. The highest BCUT2D eigenvalue weighted by Gasteiger charge is 2.24. The molecule has 1 aliphatic rings. The summed E-state index contributed by atoms with van der Waals surface area (Å²) in [6, 6.07) is 11.6. The molecule has 0 aliphatic carbocycles. The second kappa shape index (κ2) is 7.07. The summed E-state index contributed by atoms with van der Waals surface area (Å²) in [7, 11) is 1.40. The number of benzene rings is 2. The van der Waals surface area contributed by atoms with E-state index in [1.807, 2.05) is 6.07 Å². The summed E-state index contributed by atoms with van der Waals surface area (Å²) in [4.78, 5) is 16.8. The lowest BCUT2D eigenvalue weighted by atomic mass is 10.2. The molecule has 2 aromatic rings. The van der Waals surface area contributed by atoms with Gasteiger partial charge in [-0.05, 0) is 47.7 Å². The van der Waals surface area contributed by atoms with Crippen LogP contribution in [0.25, 0.3) is 6.08 Å². The number of rotatable bonds is 3. The van der Waals surface area contributed by atoms with E-state index in [9.17, 15) is 9.18 Å². The summed E-state index contributed by atoms with van der Waals surface area (Å²) in [5.74, 6) is -0.621. The maximum atomic E-state index is 13.7. The number of methoxy groups -OCH3 is 1. The molecule has 1 heterocycles. The molecule has 122 valence electrons. The number of amides is 1. The molecular weight excluding hydrogens is 351 g/mol. The molecule has 7 heteroatoms. The van der Waals surface area contributed by atoms with Crippen LogP contribution in [0.1, 0.15) is 5.56 Å². The standard InChI is InChI=1S/C17H12ClFN2O2S/c1-23-14-7-6-10(8-12(14)19)9-15-16(22)21-17(24-15)20-13-5-3-2-4-11(13)18/h2-9H,1H3,(H,20,21,22)/b15-9-. The van der Waals surface area contributed by atoms with Gasteiger partial charge in [-0.15, -0.1) is 0 Å². The van der Waals surface area contributed by atoms with Crippen molar-refractivity contribution >= 4 is 46.2 Å². The average molecular weight is 363 g/mol. The molecule has 0 spiro atoms. The van der Waals surface area contributed by atoms with Crippen LogP contribution in [0.2, 0.25) is 5.02 Å². The van der Waals surface area contributed by atoms with Crippen molar-refractivity contribution in [3.63, 3.8) is 0 Å². The van der Waals surface area contributed by atoms with Gasteiger partial charge in [-0.1, -0.05) is 29.8 Å². The third kappa shape index (κ3) is 3.60. The van der Waals surface area contributed by atoms with E-state index < -0.39 is 5.82 Å². The first-order chi connectivity index (χ1) is 11.6. The van der Waals surface area contributed by atoms with Gasteiger partial charge in [-0.25, -0.2) is 9.38 Å². The summed E-state index contributed by atoms with van der Waals surface area (Å²) >= 11 is 7.23. The van der Waals surface area contributed by atoms with Crippen LogP contribution in [-0.2, 0) is 4.79 Å². The fourth-order valence-corrected chi connectivity index (χ4v) is 3.07. The van der Waals surface area contributed by atoms with Gasteiger partial charge in [0.2, 0.25) is 0 Å². The third-order valence-electron chi connectivity index (χ3n) is 3.20. The van der Waals surface area contributed by atoms with Gasteiger partial charge >= 0.3 is 0 Å². The highest BCUT2D eigenvalue weighted by Crippen LogP contribution is 2.31. The summed E-state index contributed by atoms with van der Waals surface area (Å²) < 4.78 is 18.6. The SMILES string of the molecule is COc1ccc(/C=C2\SC(=Nc3ccccc3Cl)NC2=O)cc1F. The minimum Gasteiger partial charge on any atom is -0.494 e. The van der Waals surface area contributed by atoms with Crippen LogP contribution in [0.15, 0.2) is 52.4 Å². The van der Waals surface area contributed by atoms with Crippen LogP contribution < -0.4 is 10.1 Å². The van der Waals surface area contributed by atoms with E-state index in [4.69, 9.17) is 16.3 Å². The minimum absolute atomic E-state index is 0.154. The number of aliphatic imine (C=N–C) groups is 1. The molecule has 0 aromatic heterocycles. The number of amidine groups is 1. The first kappa shape index (κ1) is 16.5. The van der Waals surface area contributed by atoms with Crippen LogP contribution in [-0.4, -0.2) is 18.2 Å². The number of nitrogens with zero attached hydrogens (tertiary/aromatic N) is 1. The van der Waals surface area contributed by atoms with E-state index in [2.05, 4.69) is 10.3 Å². The van der Waals surface area contributed by atoms with E-state index in [0.29, 0.717) is 26.3 Å². The van der Waals surface area contributed by atoms with Crippen molar-refractivity contribution in [3.8, 4) is 5.75 Å². The van der Waals surface area contributed by atoms with E-state index in [-0.39, 0.29) is 11.7 Å². The van der Waals surface area contributed by atoms with Crippen molar-refractivity contribution in [2.75, 3.05) is 7.11 Å². The molecule has 0 unspecified atom stereocenters. The lowest BCUT2D eigenvalue weighted by Gasteiger charge is -2.02. The molecule has 2 aromatic carbocycles. The predicted molar refractivity (Wildman–Crippen MR) is 95.2 cm³/mol. The number of carbonyl (C=O) groups excluding carboxylic acids is 1. The number of halogens is 2. The van der Waals surface area contributed by atoms with Gasteiger partial charge in [0.05, 0.1) is 22.7 Å². The molecule has 3 rings (SSSR count). The normalized spacial score (nSPS) is 17.4. The molecule has 1 saturated heterocycles. The van der Waals surface area contributed by atoms with Crippen LogP contribution in [0, 0.1) is 5.82 Å². The zero-order chi connectivity index (χ0) is 17.1. The Morgan fingerprint density at radius 1 is 1.29 bits per heavy atom. The monoisotopic (exact) mass is 362 g/mol. The molecular formula is C17H12ClFN2O2S. The number of nitrogens with one attached hydrogen (secondary N) is 1. The van der Waals surface area contributed by atoms with Gasteiger partial charge < -0.3 is 10.1 Å². The van der Waals surface area contributed by atoms with E-state index >= 15 is 0 Å². The number of hydrogen-bond acceptors (Lipinski definition) is 4. The van der Waals surface area contributed by atoms with Crippen molar-refractivity contribution in [2.45, 2.75) is 0 Å². The molecule has 24 heavy (non-hydrogen) atoms. The molecule has 0 bridgehead atoms. The molecule has 0 atom stereocenters. The summed E-state index contributed by atoms with van der Waals surface area (Å²) in [6.07, 6.45) is 1.59. The summed E-state index contributed by atoms with van der Waals surface area (Å²) in [5, 5.41) is 3.59. The van der Waals surface area contributed by atoms with Crippen molar-refractivity contribution < 1.29 is 13.9 Å². The zero-order valence-electron chi connectivity index (χ0n) is 12.5. The Hall–Kier alpha value is -2.31. The van der Waals surface area contributed by atoms with E-state index in [1.54, 1.807) is 30.3 Å². The third-order valence-corrected chi connectivity index (χ3v) is 4.43. The van der Waals surface area contributed by atoms with Crippen molar-refractivity contribution in [1.82, 2.24) is 5.32 Å². The quantitative estimate of drug-likeness (QED) is 0.824. The van der Waals surface area contributed by atoms with Gasteiger partial charge in [0.15, 0.2) is 16.7 Å². The molecule has 1 fully saturated rings. The Labute approximate surface area is 147 Å². The fourth-order valence-electron chi connectivity index (χ4n) is 2.06. The lowest BCUT2D eigenvalue weighted by molar-refractivity contribution is -0.115. The Bertz CT molecular complexity index is 867. The highest BCUT2D eigenvalue weighted by molar-refractivity contribution is 8.18. The van der Waals surface area contributed by atoms with E-state index in [0.717, 1.165) is 0 Å². The Kier molecular flexibility index (Phi) is 4.87. The molecule has 4 nitrogen and oxygen atoms in total. The number of ether oxygens (including phenoxy) is 1. The van der Waals surface area contributed by atoms with Gasteiger partial charge in [0.25, 0.3) is 5.91 Å². The minimum atomic E-state index is -0.486. The topological polar surface area (TPSA) is 50.7 Å². The number of carbonyl (C=O) groups is 1. The molecule has 0 saturated carbocycles. The first-order valence-electron chi connectivity index (χ1n) is 6.94. The Balaban J connectivity index is 1.85. The van der Waals surface area contributed by atoms with E-state index in [1.165, 1.54) is 31.0 Å². The van der Waals surface area contributed by atoms with Crippen LogP contribution in [0.3, 0.4) is 0 Å². The maximum Gasteiger partial charge on any atom is 0.264 e. The average Bonchev–Trinajstić information content (AvgIpc) is 2.89. The Morgan fingerprint density at radius 2 is 2.08 bits per heavy atom. The highest BCUT2D eigenvalue weighted by atomic mass is 35.5. The predicted octanol–water partition coefficient (Wildman–Crippen LogP) is 4.38. The summed E-state index contributed by atoms with van der Waals surface area (Å²) in [6.45, 7) is 0. The second-order valence-corrected chi connectivity index (χ2v) is 6.26. The lowest BCUT2D eigenvalue weighted by Crippen LogP contribution is -2.19. The largest absolute Gasteiger partial charge is 0.494 e. The zero-order valence-corrected chi connectivity index (χ0v) is 14.1. The number of para-hydroxylation sites is 1. The van der Waals surface area contributed by atoms with Gasteiger partial charge in [0, 0.05) is 0 Å². The number of thioether (sulfide) groups is 1. The molecule has 1 N–H and O–H groups in total. The summed E-state index contributed by atoms with van der Waals surface area (Å²) in [5.41, 5.74) is 1.13. The van der Waals surface area contributed by atoms with Gasteiger partial charge in [-0.2, -0.15) is 0 Å². The fraction of sp³-hybridized carbons (Fsp3) is 0.0588. The second-order valence-electron chi connectivity index (χ2n) is 4.83.